The topological polar surface area (TPSA) is 89.7 Å². The molecule has 3 aromatic heterocycles. The van der Waals surface area contributed by atoms with Gasteiger partial charge in [0.1, 0.15) is 12.1 Å². The first-order valence-electron chi connectivity index (χ1n) is 7.32. The van der Waals surface area contributed by atoms with Gasteiger partial charge in [-0.05, 0) is 40.9 Å². The molecule has 0 atom stereocenters. The van der Waals surface area contributed by atoms with Crippen LogP contribution in [0.25, 0.3) is 17.2 Å². The SMILES string of the molecule is Nc1cc(C(=O)N2CCCC2)cc2nc(-c3cc(Br)co3)nn12. The number of rotatable bonds is 2. The van der Waals surface area contributed by atoms with E-state index in [1.54, 1.807) is 24.5 Å². The molecule has 4 rings (SSSR count). The van der Waals surface area contributed by atoms with Crippen molar-refractivity contribution >= 4 is 33.3 Å². The molecule has 1 fully saturated rings. The number of likely N-dealkylation sites (tertiary alicyclic amines) is 1. The lowest BCUT2D eigenvalue weighted by atomic mass is 10.2. The van der Waals surface area contributed by atoms with Gasteiger partial charge in [0.15, 0.2) is 11.4 Å². The predicted octanol–water partition coefficient (Wildman–Crippen LogP) is 2.57. The average Bonchev–Trinajstić information content (AvgIpc) is 3.25. The van der Waals surface area contributed by atoms with Crippen molar-refractivity contribution in [3.63, 3.8) is 0 Å². The molecule has 1 aliphatic heterocycles. The smallest absolute Gasteiger partial charge is 0.254 e. The molecule has 118 valence electrons. The number of anilines is 1. The zero-order chi connectivity index (χ0) is 16.0. The van der Waals surface area contributed by atoms with Gasteiger partial charge in [0.25, 0.3) is 5.91 Å². The second-order valence-electron chi connectivity index (χ2n) is 5.50. The summed E-state index contributed by atoms with van der Waals surface area (Å²) >= 11 is 3.33. The zero-order valence-electron chi connectivity index (χ0n) is 12.2. The maximum absolute atomic E-state index is 12.5. The largest absolute Gasteiger partial charge is 0.460 e. The number of furan rings is 1. The molecular weight excluding hydrogens is 362 g/mol. The lowest BCUT2D eigenvalue weighted by Gasteiger charge is -2.15. The Kier molecular flexibility index (Phi) is 3.33. The van der Waals surface area contributed by atoms with Crippen LogP contribution in [-0.4, -0.2) is 38.5 Å². The predicted molar refractivity (Wildman–Crippen MR) is 87.9 cm³/mol. The van der Waals surface area contributed by atoms with Crippen LogP contribution < -0.4 is 5.73 Å². The summed E-state index contributed by atoms with van der Waals surface area (Å²) in [5.41, 5.74) is 7.10. The number of pyridine rings is 1. The molecule has 1 aliphatic rings. The summed E-state index contributed by atoms with van der Waals surface area (Å²) in [4.78, 5) is 18.8. The third-order valence-corrected chi connectivity index (χ3v) is 4.31. The minimum Gasteiger partial charge on any atom is -0.460 e. The van der Waals surface area contributed by atoms with Crippen molar-refractivity contribution in [2.24, 2.45) is 0 Å². The molecule has 8 heteroatoms. The van der Waals surface area contributed by atoms with E-state index in [-0.39, 0.29) is 5.91 Å². The molecule has 0 saturated carbocycles. The van der Waals surface area contributed by atoms with E-state index in [0.29, 0.717) is 28.6 Å². The number of hydrogen-bond donors (Lipinski definition) is 1. The summed E-state index contributed by atoms with van der Waals surface area (Å²) in [5.74, 6) is 1.32. The van der Waals surface area contributed by atoms with Crippen molar-refractivity contribution in [1.29, 1.82) is 0 Å². The van der Waals surface area contributed by atoms with Crippen LogP contribution in [-0.2, 0) is 0 Å². The number of hydrogen-bond acceptors (Lipinski definition) is 5. The van der Waals surface area contributed by atoms with E-state index >= 15 is 0 Å². The number of nitrogen functional groups attached to an aromatic ring is 1. The lowest BCUT2D eigenvalue weighted by Crippen LogP contribution is -2.27. The molecule has 3 aromatic rings. The van der Waals surface area contributed by atoms with Crippen LogP contribution in [0.15, 0.2) is 33.4 Å². The molecule has 2 N–H and O–H groups in total. The fourth-order valence-corrected chi connectivity index (χ4v) is 3.07. The standard InChI is InChI=1S/C15H14BrN5O2/c16-10-7-11(23-8-10)14-18-13-6-9(5-12(17)21(13)19-14)15(22)20-3-1-2-4-20/h5-8H,1-4,17H2. The third-order valence-electron chi connectivity index (χ3n) is 3.89. The van der Waals surface area contributed by atoms with E-state index in [0.717, 1.165) is 30.4 Å². The third kappa shape index (κ3) is 2.48. The van der Waals surface area contributed by atoms with Crippen LogP contribution in [0.5, 0.6) is 0 Å². The second kappa shape index (κ2) is 5.38. The van der Waals surface area contributed by atoms with E-state index in [1.165, 1.54) is 4.52 Å². The Morgan fingerprint density at radius 1 is 1.26 bits per heavy atom. The molecule has 0 radical (unpaired) electrons. The van der Waals surface area contributed by atoms with E-state index in [4.69, 9.17) is 10.2 Å². The molecule has 1 saturated heterocycles. The van der Waals surface area contributed by atoms with Crippen molar-refractivity contribution in [2.75, 3.05) is 18.8 Å². The highest BCUT2D eigenvalue weighted by Gasteiger charge is 2.21. The number of nitrogens with two attached hydrogens (primary N) is 1. The average molecular weight is 376 g/mol. The van der Waals surface area contributed by atoms with E-state index in [9.17, 15) is 4.79 Å². The first-order valence-corrected chi connectivity index (χ1v) is 8.11. The summed E-state index contributed by atoms with van der Waals surface area (Å²) < 4.78 is 7.69. The number of carbonyl (C=O) groups excluding carboxylic acids is 1. The Bertz CT molecular complexity index is 895. The zero-order valence-corrected chi connectivity index (χ0v) is 13.8. The van der Waals surface area contributed by atoms with Gasteiger partial charge in [0.05, 0.1) is 4.47 Å². The summed E-state index contributed by atoms with van der Waals surface area (Å²) in [6, 6.07) is 5.14. The van der Waals surface area contributed by atoms with Gasteiger partial charge in [-0.3, -0.25) is 4.79 Å². The first kappa shape index (κ1) is 14.3. The summed E-state index contributed by atoms with van der Waals surface area (Å²) in [6.45, 7) is 1.59. The van der Waals surface area contributed by atoms with Crippen LogP contribution in [0.4, 0.5) is 5.82 Å². The fraction of sp³-hybridized carbons (Fsp3) is 0.267. The Morgan fingerprint density at radius 2 is 2.04 bits per heavy atom. The second-order valence-corrected chi connectivity index (χ2v) is 6.42. The summed E-state index contributed by atoms with van der Waals surface area (Å²) in [5, 5.41) is 4.33. The van der Waals surface area contributed by atoms with Crippen LogP contribution in [0.1, 0.15) is 23.2 Å². The van der Waals surface area contributed by atoms with E-state index in [2.05, 4.69) is 26.0 Å². The quantitative estimate of drug-likeness (QED) is 0.743. The highest BCUT2D eigenvalue weighted by atomic mass is 79.9. The van der Waals surface area contributed by atoms with Gasteiger partial charge in [0, 0.05) is 24.7 Å². The molecular formula is C15H14BrN5O2. The van der Waals surface area contributed by atoms with Crippen LogP contribution >= 0.6 is 15.9 Å². The Labute approximate surface area is 140 Å². The number of fused-ring (bicyclic) bond motifs is 1. The molecule has 1 amide bonds. The van der Waals surface area contributed by atoms with Crippen molar-refractivity contribution in [3.05, 3.63) is 34.5 Å². The maximum atomic E-state index is 12.5. The molecule has 4 heterocycles. The number of carbonyl (C=O) groups is 1. The van der Waals surface area contributed by atoms with E-state index in [1.807, 2.05) is 4.90 Å². The molecule has 0 bridgehead atoms. The van der Waals surface area contributed by atoms with Crippen molar-refractivity contribution < 1.29 is 9.21 Å². The lowest BCUT2D eigenvalue weighted by molar-refractivity contribution is 0.0793. The first-order chi connectivity index (χ1) is 11.1. The van der Waals surface area contributed by atoms with Crippen LogP contribution in [0.3, 0.4) is 0 Å². The van der Waals surface area contributed by atoms with Gasteiger partial charge < -0.3 is 15.1 Å². The minimum absolute atomic E-state index is 0.0120. The van der Waals surface area contributed by atoms with Gasteiger partial charge >= 0.3 is 0 Å². The molecule has 0 spiro atoms. The highest BCUT2D eigenvalue weighted by Crippen LogP contribution is 2.24. The highest BCUT2D eigenvalue weighted by molar-refractivity contribution is 9.10. The molecule has 23 heavy (non-hydrogen) atoms. The van der Waals surface area contributed by atoms with Gasteiger partial charge in [-0.15, -0.1) is 5.10 Å². The summed E-state index contributed by atoms with van der Waals surface area (Å²) in [7, 11) is 0. The fourth-order valence-electron chi connectivity index (χ4n) is 2.77. The number of amides is 1. The minimum atomic E-state index is -0.0120. The molecule has 0 unspecified atom stereocenters. The van der Waals surface area contributed by atoms with Crippen molar-refractivity contribution in [3.8, 4) is 11.6 Å². The number of nitrogens with zero attached hydrogens (tertiary/aromatic N) is 4. The number of halogens is 1. The monoisotopic (exact) mass is 375 g/mol. The normalized spacial score (nSPS) is 14.7. The molecule has 7 nitrogen and oxygen atoms in total. The summed E-state index contributed by atoms with van der Waals surface area (Å²) in [6.07, 6.45) is 3.66. The Morgan fingerprint density at radius 3 is 2.74 bits per heavy atom. The van der Waals surface area contributed by atoms with Gasteiger partial charge in [-0.25, -0.2) is 4.98 Å². The Balaban J connectivity index is 1.76. The van der Waals surface area contributed by atoms with Gasteiger partial charge in [0.2, 0.25) is 5.82 Å². The van der Waals surface area contributed by atoms with Crippen LogP contribution in [0.2, 0.25) is 0 Å². The van der Waals surface area contributed by atoms with Gasteiger partial charge in [-0.1, -0.05) is 0 Å². The van der Waals surface area contributed by atoms with Crippen molar-refractivity contribution in [2.45, 2.75) is 12.8 Å². The molecule has 0 aromatic carbocycles. The maximum Gasteiger partial charge on any atom is 0.254 e. The van der Waals surface area contributed by atoms with Crippen LogP contribution in [0, 0.1) is 0 Å². The Hall–Kier alpha value is -2.35. The number of aromatic nitrogens is 3. The van der Waals surface area contributed by atoms with Crippen molar-refractivity contribution in [1.82, 2.24) is 19.5 Å². The van der Waals surface area contributed by atoms with E-state index < -0.39 is 0 Å². The molecule has 0 aliphatic carbocycles. The van der Waals surface area contributed by atoms with Gasteiger partial charge in [-0.2, -0.15) is 4.52 Å².